The molecule has 0 unspecified atom stereocenters. The van der Waals surface area contributed by atoms with E-state index in [1.165, 1.54) is 29.2 Å². The number of carbonyl (C=O) groups excluding carboxylic acids is 1. The molecule has 0 saturated carbocycles. The normalized spacial score (nSPS) is 16.9. The van der Waals surface area contributed by atoms with E-state index in [1.807, 2.05) is 0 Å². The summed E-state index contributed by atoms with van der Waals surface area (Å²) in [5.74, 6) is -2.01. The zero-order chi connectivity index (χ0) is 15.6. The highest BCUT2D eigenvalue weighted by atomic mass is 35.5. The smallest absolute Gasteiger partial charge is 0.305 e. The first-order valence-corrected chi connectivity index (χ1v) is 7.41. The lowest BCUT2D eigenvalue weighted by atomic mass is 10.2. The van der Waals surface area contributed by atoms with Crippen LogP contribution in [0.25, 0.3) is 6.08 Å². The van der Waals surface area contributed by atoms with Crippen molar-refractivity contribution < 1.29 is 19.1 Å². The van der Waals surface area contributed by atoms with Gasteiger partial charge in [-0.15, -0.1) is 0 Å². The Kier molecular flexibility index (Phi) is 4.97. The van der Waals surface area contributed by atoms with E-state index in [-0.39, 0.29) is 32.8 Å². The third-order valence-corrected chi connectivity index (χ3v) is 4.41. The molecule has 0 bridgehead atoms. The molecular weight excluding hydrogens is 337 g/mol. The van der Waals surface area contributed by atoms with Gasteiger partial charge in [0.25, 0.3) is 5.91 Å². The van der Waals surface area contributed by atoms with Gasteiger partial charge in [0.2, 0.25) is 0 Å². The van der Waals surface area contributed by atoms with Gasteiger partial charge in [-0.05, 0) is 18.2 Å². The maximum atomic E-state index is 13.7. The number of benzene rings is 1. The summed E-state index contributed by atoms with van der Waals surface area (Å²) in [6.07, 6.45) is 1.12. The summed E-state index contributed by atoms with van der Waals surface area (Å²) in [6, 6.07) is 4.22. The van der Waals surface area contributed by atoms with Gasteiger partial charge < -0.3 is 5.11 Å². The molecular formula is C13H9ClFNO3S2. The molecule has 1 aromatic rings. The van der Waals surface area contributed by atoms with Crippen LogP contribution in [-0.2, 0) is 9.59 Å². The Morgan fingerprint density at radius 2 is 2.24 bits per heavy atom. The Balaban J connectivity index is 2.26. The Labute approximate surface area is 134 Å². The van der Waals surface area contributed by atoms with Crippen LogP contribution in [0.3, 0.4) is 0 Å². The highest BCUT2D eigenvalue weighted by Gasteiger charge is 2.32. The van der Waals surface area contributed by atoms with E-state index in [0.717, 1.165) is 11.8 Å². The summed E-state index contributed by atoms with van der Waals surface area (Å²) in [5.41, 5.74) is 0.109. The third kappa shape index (κ3) is 3.61. The van der Waals surface area contributed by atoms with Crippen LogP contribution < -0.4 is 0 Å². The fraction of sp³-hybridized carbons (Fsp3) is 0.154. The zero-order valence-corrected chi connectivity index (χ0v) is 12.9. The number of halogens is 2. The van der Waals surface area contributed by atoms with E-state index in [0.29, 0.717) is 0 Å². The van der Waals surface area contributed by atoms with E-state index in [2.05, 4.69) is 0 Å². The highest BCUT2D eigenvalue weighted by Crippen LogP contribution is 2.34. The zero-order valence-electron chi connectivity index (χ0n) is 10.5. The largest absolute Gasteiger partial charge is 0.481 e. The summed E-state index contributed by atoms with van der Waals surface area (Å²) in [7, 11) is 0. The maximum absolute atomic E-state index is 13.7. The molecule has 8 heteroatoms. The second-order valence-electron chi connectivity index (χ2n) is 4.11. The third-order valence-electron chi connectivity index (χ3n) is 2.70. The van der Waals surface area contributed by atoms with Crippen molar-refractivity contribution in [2.45, 2.75) is 6.42 Å². The van der Waals surface area contributed by atoms with Crippen LogP contribution in [0.4, 0.5) is 4.39 Å². The number of carbonyl (C=O) groups is 2. The molecule has 1 aliphatic rings. The number of rotatable bonds is 4. The molecule has 0 spiro atoms. The first kappa shape index (κ1) is 15.9. The first-order valence-electron chi connectivity index (χ1n) is 5.81. The molecule has 0 radical (unpaired) electrons. The maximum Gasteiger partial charge on any atom is 0.305 e. The van der Waals surface area contributed by atoms with Crippen molar-refractivity contribution in [1.82, 2.24) is 4.90 Å². The van der Waals surface area contributed by atoms with Crippen LogP contribution in [0, 0.1) is 5.82 Å². The topological polar surface area (TPSA) is 57.6 Å². The first-order chi connectivity index (χ1) is 9.90. The fourth-order valence-corrected chi connectivity index (χ4v) is 3.19. The summed E-state index contributed by atoms with van der Waals surface area (Å²) < 4.78 is 14.0. The van der Waals surface area contributed by atoms with Gasteiger partial charge in [0.1, 0.15) is 10.1 Å². The Bertz CT molecular complexity index is 643. The molecule has 21 heavy (non-hydrogen) atoms. The highest BCUT2D eigenvalue weighted by molar-refractivity contribution is 8.26. The number of hydrogen-bond acceptors (Lipinski definition) is 4. The molecule has 1 fully saturated rings. The van der Waals surface area contributed by atoms with Gasteiger partial charge in [0.05, 0.1) is 16.3 Å². The predicted molar refractivity (Wildman–Crippen MR) is 83.5 cm³/mol. The Morgan fingerprint density at radius 1 is 1.52 bits per heavy atom. The number of aliphatic carboxylic acids is 1. The quantitative estimate of drug-likeness (QED) is 0.671. The number of thiocarbonyl (C=S) groups is 1. The molecule has 0 atom stereocenters. The second kappa shape index (κ2) is 6.55. The number of hydrogen-bond donors (Lipinski definition) is 1. The van der Waals surface area contributed by atoms with Crippen molar-refractivity contribution in [2.24, 2.45) is 0 Å². The molecule has 0 aromatic heterocycles. The van der Waals surface area contributed by atoms with Crippen LogP contribution in [0.15, 0.2) is 23.1 Å². The number of thioether (sulfide) groups is 1. The van der Waals surface area contributed by atoms with Gasteiger partial charge in [-0.2, -0.15) is 0 Å². The molecule has 1 aliphatic heterocycles. The lowest BCUT2D eigenvalue weighted by molar-refractivity contribution is -0.137. The lowest BCUT2D eigenvalue weighted by Crippen LogP contribution is -2.30. The summed E-state index contributed by atoms with van der Waals surface area (Å²) in [4.78, 5) is 24.1. The molecule has 4 nitrogen and oxygen atoms in total. The van der Waals surface area contributed by atoms with Crippen LogP contribution in [0.2, 0.25) is 5.02 Å². The minimum atomic E-state index is -1.02. The van der Waals surface area contributed by atoms with Crippen molar-refractivity contribution in [3.63, 3.8) is 0 Å². The average molecular weight is 346 g/mol. The van der Waals surface area contributed by atoms with Crippen molar-refractivity contribution in [2.75, 3.05) is 6.54 Å². The molecule has 1 N–H and O–H groups in total. The van der Waals surface area contributed by atoms with E-state index < -0.39 is 17.7 Å². The van der Waals surface area contributed by atoms with E-state index in [1.54, 1.807) is 0 Å². The van der Waals surface area contributed by atoms with Crippen molar-refractivity contribution >= 4 is 57.9 Å². The minimum absolute atomic E-state index is 0.0116. The Morgan fingerprint density at radius 3 is 2.86 bits per heavy atom. The van der Waals surface area contributed by atoms with Crippen LogP contribution in [0.1, 0.15) is 12.0 Å². The standard InChI is InChI=1S/C13H9ClFNO3S2/c14-8-2-1-3-9(15)7(8)6-10-12(19)16(13(20)21-10)5-4-11(17)18/h1-3,6H,4-5H2,(H,17,18)/b10-6-. The SMILES string of the molecule is O=C(O)CCN1C(=O)/C(=C/c2c(F)cccc2Cl)SC1=S. The van der Waals surface area contributed by atoms with Gasteiger partial charge in [-0.25, -0.2) is 4.39 Å². The number of carboxylic acids is 1. The Hall–Kier alpha value is -1.44. The molecule has 1 heterocycles. The fourth-order valence-electron chi connectivity index (χ4n) is 1.68. The van der Waals surface area contributed by atoms with Gasteiger partial charge in [-0.3, -0.25) is 14.5 Å². The van der Waals surface area contributed by atoms with Gasteiger partial charge in [-0.1, -0.05) is 41.6 Å². The number of amides is 1. The van der Waals surface area contributed by atoms with Crippen molar-refractivity contribution in [3.05, 3.63) is 39.5 Å². The summed E-state index contributed by atoms with van der Waals surface area (Å²) >= 11 is 11.9. The molecule has 1 amide bonds. The summed E-state index contributed by atoms with van der Waals surface area (Å²) in [5, 5.41) is 8.84. The van der Waals surface area contributed by atoms with E-state index >= 15 is 0 Å². The van der Waals surface area contributed by atoms with Crippen molar-refractivity contribution in [3.8, 4) is 0 Å². The van der Waals surface area contributed by atoms with Crippen LogP contribution >= 0.6 is 35.6 Å². The molecule has 2 rings (SSSR count). The number of nitrogens with zero attached hydrogens (tertiary/aromatic N) is 1. The molecule has 110 valence electrons. The lowest BCUT2D eigenvalue weighted by Gasteiger charge is -2.12. The van der Waals surface area contributed by atoms with Gasteiger partial charge >= 0.3 is 5.97 Å². The molecule has 1 aromatic carbocycles. The predicted octanol–water partition coefficient (Wildman–Crippen LogP) is 3.16. The van der Waals surface area contributed by atoms with E-state index in [9.17, 15) is 14.0 Å². The van der Waals surface area contributed by atoms with Crippen LogP contribution in [-0.4, -0.2) is 32.7 Å². The second-order valence-corrected chi connectivity index (χ2v) is 6.20. The average Bonchev–Trinajstić information content (AvgIpc) is 2.67. The van der Waals surface area contributed by atoms with Crippen molar-refractivity contribution in [1.29, 1.82) is 0 Å². The van der Waals surface area contributed by atoms with E-state index in [4.69, 9.17) is 28.9 Å². The number of carboxylic acid groups (broad SMARTS) is 1. The monoisotopic (exact) mass is 345 g/mol. The molecule has 1 saturated heterocycles. The van der Waals surface area contributed by atoms with Gasteiger partial charge in [0.15, 0.2) is 0 Å². The summed E-state index contributed by atoms with van der Waals surface area (Å²) in [6.45, 7) is -0.0116. The minimum Gasteiger partial charge on any atom is -0.481 e. The van der Waals surface area contributed by atoms with Crippen LogP contribution in [0.5, 0.6) is 0 Å². The van der Waals surface area contributed by atoms with Gasteiger partial charge in [0, 0.05) is 12.1 Å². The molecule has 0 aliphatic carbocycles.